The van der Waals surface area contributed by atoms with Crippen molar-refractivity contribution in [3.63, 3.8) is 0 Å². The van der Waals surface area contributed by atoms with Gasteiger partial charge in [0.15, 0.2) is 0 Å². The van der Waals surface area contributed by atoms with Gasteiger partial charge in [0.25, 0.3) is 0 Å². The lowest BCUT2D eigenvalue weighted by Crippen LogP contribution is -2.06. The van der Waals surface area contributed by atoms with E-state index in [0.717, 1.165) is 16.6 Å². The van der Waals surface area contributed by atoms with E-state index in [0.29, 0.717) is 0 Å². The maximum absolute atomic E-state index is 4.98. The summed E-state index contributed by atoms with van der Waals surface area (Å²) in [4.78, 5) is 0. The normalized spacial score (nSPS) is 10.2. The van der Waals surface area contributed by atoms with E-state index in [4.69, 9.17) is 5.40 Å². The van der Waals surface area contributed by atoms with Crippen LogP contribution < -0.4 is 5.40 Å². The van der Waals surface area contributed by atoms with Crippen molar-refractivity contribution in [2.45, 2.75) is 0 Å². The SMILES string of the molecule is N[SiH2][O][AlH2]. The third-order valence-electron chi connectivity index (χ3n) is 0.167. The van der Waals surface area contributed by atoms with Crippen LogP contribution in [0.15, 0.2) is 0 Å². The summed E-state index contributed by atoms with van der Waals surface area (Å²) in [5.41, 5.74) is 0. The molecular formula is H6AlNOSi. The van der Waals surface area contributed by atoms with E-state index in [-0.39, 0.29) is 0 Å². The molecule has 0 fully saturated rings. The number of nitrogens with two attached hydrogens (primary N) is 1. The lowest BCUT2D eigenvalue weighted by atomic mass is 13.9. The first-order chi connectivity index (χ1) is 1.91. The van der Waals surface area contributed by atoms with Gasteiger partial charge in [-0.25, -0.2) is 0 Å². The summed E-state index contributed by atoms with van der Waals surface area (Å²) in [5.74, 6) is 0. The average molecular weight is 91.1 g/mol. The summed E-state index contributed by atoms with van der Waals surface area (Å²) < 4.78 is 4.60. The molecule has 0 bridgehead atoms. The molecule has 0 rings (SSSR count). The van der Waals surface area contributed by atoms with Crippen LogP contribution in [0, 0.1) is 0 Å². The van der Waals surface area contributed by atoms with Crippen LogP contribution in [0.5, 0.6) is 0 Å². The van der Waals surface area contributed by atoms with Crippen molar-refractivity contribution >= 4 is 26.5 Å². The van der Waals surface area contributed by atoms with Gasteiger partial charge in [-0.1, -0.05) is 0 Å². The molecule has 0 atom stereocenters. The van der Waals surface area contributed by atoms with Crippen LogP contribution >= 0.6 is 0 Å². The van der Waals surface area contributed by atoms with Gasteiger partial charge < -0.3 is 8.88 Å². The summed E-state index contributed by atoms with van der Waals surface area (Å²) in [6, 6.07) is 0. The molecule has 0 saturated carbocycles. The molecule has 0 aliphatic carbocycles. The zero-order valence-corrected chi connectivity index (χ0v) is 6.11. The summed E-state index contributed by atoms with van der Waals surface area (Å²) in [5, 5.41) is 4.98. The highest BCUT2D eigenvalue weighted by molar-refractivity contribution is 6.30. The fourth-order valence-electron chi connectivity index (χ4n) is 0. The van der Waals surface area contributed by atoms with E-state index in [9.17, 15) is 0 Å². The van der Waals surface area contributed by atoms with E-state index < -0.39 is 9.92 Å². The van der Waals surface area contributed by atoms with Crippen LogP contribution in [0.25, 0.3) is 0 Å². The number of hydrogen-bond donors (Lipinski definition) is 1. The Morgan fingerprint density at radius 3 is 2.25 bits per heavy atom. The molecule has 2 N–H and O–H groups in total. The molecule has 0 aromatic heterocycles. The Hall–Kier alpha value is 0.669. The first kappa shape index (κ1) is 4.67. The molecule has 0 saturated heterocycles. The molecule has 0 aromatic carbocycles. The Labute approximate surface area is 36.1 Å². The lowest BCUT2D eigenvalue weighted by molar-refractivity contribution is 0.665. The van der Waals surface area contributed by atoms with Gasteiger partial charge in [-0.05, 0) is 0 Å². The topological polar surface area (TPSA) is 35.2 Å². The Kier molecular flexibility index (Phi) is 4.28. The van der Waals surface area contributed by atoms with Gasteiger partial charge >= 0.3 is 16.6 Å². The molecule has 0 unspecified atom stereocenters. The molecule has 0 amide bonds. The van der Waals surface area contributed by atoms with E-state index in [1.165, 1.54) is 0 Å². The van der Waals surface area contributed by atoms with Crippen molar-refractivity contribution in [3.05, 3.63) is 0 Å². The fraction of sp³-hybridized carbons (Fsp3) is 0. The Morgan fingerprint density at radius 2 is 2.25 bits per heavy atom. The summed E-state index contributed by atoms with van der Waals surface area (Å²) in [7, 11) is -0.514. The number of hydrogen-bond acceptors (Lipinski definition) is 2. The summed E-state index contributed by atoms with van der Waals surface area (Å²) in [6.07, 6.45) is 0. The van der Waals surface area contributed by atoms with Crippen molar-refractivity contribution in [2.75, 3.05) is 0 Å². The molecule has 4 heteroatoms. The quantitative estimate of drug-likeness (QED) is 0.362. The summed E-state index contributed by atoms with van der Waals surface area (Å²) in [6.45, 7) is 0. The van der Waals surface area contributed by atoms with Crippen LogP contribution in [-0.2, 0) is 3.48 Å². The maximum Gasteiger partial charge on any atom is 0.399 e. The molecule has 0 heterocycles. The van der Waals surface area contributed by atoms with Crippen LogP contribution in [0.2, 0.25) is 0 Å². The van der Waals surface area contributed by atoms with Crippen LogP contribution in [0.4, 0.5) is 0 Å². The highest BCUT2D eigenvalue weighted by Gasteiger charge is 1.55. The second-order valence-corrected chi connectivity index (χ2v) is 3.10. The third-order valence-corrected chi connectivity index (χ3v) is 1.50. The molecule has 2 nitrogen and oxygen atoms in total. The van der Waals surface area contributed by atoms with Crippen LogP contribution in [0.1, 0.15) is 0 Å². The molecule has 0 aliphatic heterocycles. The third kappa shape index (κ3) is 2.67. The predicted octanol–water partition coefficient (Wildman–Crippen LogP) is -2.49. The average Bonchev–Trinajstić information content (AvgIpc) is 1.37. The van der Waals surface area contributed by atoms with Crippen molar-refractivity contribution < 1.29 is 3.48 Å². The molecule has 4 heavy (non-hydrogen) atoms. The van der Waals surface area contributed by atoms with Gasteiger partial charge in [-0.3, -0.25) is 0 Å². The monoisotopic (exact) mass is 91.0 g/mol. The van der Waals surface area contributed by atoms with Crippen molar-refractivity contribution in [3.8, 4) is 0 Å². The van der Waals surface area contributed by atoms with Gasteiger partial charge in [-0.15, -0.1) is 0 Å². The van der Waals surface area contributed by atoms with Crippen molar-refractivity contribution in [2.24, 2.45) is 5.40 Å². The lowest BCUT2D eigenvalue weighted by Gasteiger charge is -1.78. The predicted molar refractivity (Wildman–Crippen MR) is 22.4 cm³/mol. The minimum Gasteiger partial charge on any atom is -0.544 e. The van der Waals surface area contributed by atoms with Crippen molar-refractivity contribution in [1.82, 2.24) is 0 Å². The maximum atomic E-state index is 4.98. The van der Waals surface area contributed by atoms with Crippen molar-refractivity contribution in [1.29, 1.82) is 0 Å². The molecule has 0 aromatic rings. The van der Waals surface area contributed by atoms with Crippen LogP contribution in [0.3, 0.4) is 0 Å². The Bertz CT molecular complexity index is 10.0. The van der Waals surface area contributed by atoms with Gasteiger partial charge in [0.2, 0.25) is 9.92 Å². The van der Waals surface area contributed by atoms with E-state index >= 15 is 0 Å². The highest BCUT2D eigenvalue weighted by Crippen LogP contribution is 1.31. The van der Waals surface area contributed by atoms with E-state index in [1.54, 1.807) is 0 Å². The van der Waals surface area contributed by atoms with E-state index in [1.807, 2.05) is 0 Å². The largest absolute Gasteiger partial charge is 0.544 e. The minimum absolute atomic E-state index is 0.514. The standard InChI is InChI=1S/Al.H4NOSi.2H/c;1-3-2;;/h;1,3H2;;/q+1;-1;;. The highest BCUT2D eigenvalue weighted by atomic mass is 28.2. The molecular weight excluding hydrogens is 85.1 g/mol. The molecule has 24 valence electrons. The van der Waals surface area contributed by atoms with Gasteiger partial charge in [0.1, 0.15) is 0 Å². The van der Waals surface area contributed by atoms with Gasteiger partial charge in [0.05, 0.1) is 0 Å². The first-order valence-electron chi connectivity index (χ1n) is 1.11. The second-order valence-electron chi connectivity index (χ2n) is 0.455. The summed E-state index contributed by atoms with van der Waals surface area (Å²) >= 11 is 0.826. The Morgan fingerprint density at radius 1 is 2.00 bits per heavy atom. The fourth-order valence-corrected chi connectivity index (χ4v) is 0. The van der Waals surface area contributed by atoms with Gasteiger partial charge in [-0.2, -0.15) is 0 Å². The smallest absolute Gasteiger partial charge is 0.399 e. The second kappa shape index (κ2) is 3.67. The molecule has 0 aliphatic rings. The van der Waals surface area contributed by atoms with Crippen LogP contribution in [-0.4, -0.2) is 26.5 Å². The van der Waals surface area contributed by atoms with E-state index in [2.05, 4.69) is 3.48 Å². The zero-order chi connectivity index (χ0) is 3.41. The Balaban J connectivity index is 1.97. The zero-order valence-electron chi connectivity index (χ0n) is 2.69. The molecule has 0 radical (unpaired) electrons. The van der Waals surface area contributed by atoms with Gasteiger partial charge in [0, 0.05) is 0 Å². The minimum atomic E-state index is -0.514. The molecule has 0 spiro atoms. The first-order valence-corrected chi connectivity index (χ1v) is 3.32. The number of rotatable bonds is 1.